The zero-order valence-corrected chi connectivity index (χ0v) is 15.2. The Balaban J connectivity index is 1.53. The molecule has 3 rings (SSSR count). The van der Waals surface area contributed by atoms with Gasteiger partial charge < -0.3 is 19.7 Å². The molecule has 1 aromatic carbocycles. The van der Waals surface area contributed by atoms with Crippen LogP contribution in [-0.2, 0) is 6.42 Å². The van der Waals surface area contributed by atoms with Crippen molar-refractivity contribution in [1.29, 1.82) is 0 Å². The molecule has 0 bridgehead atoms. The van der Waals surface area contributed by atoms with Gasteiger partial charge in [-0.15, -0.1) is 0 Å². The Morgan fingerprint density at radius 2 is 1.88 bits per heavy atom. The lowest BCUT2D eigenvalue weighted by Gasteiger charge is -2.14. The molecule has 0 saturated carbocycles. The van der Waals surface area contributed by atoms with Gasteiger partial charge in [-0.25, -0.2) is 9.97 Å². The minimum atomic E-state index is -0.0353. The van der Waals surface area contributed by atoms with Gasteiger partial charge in [-0.2, -0.15) is 0 Å². The number of nitrogens with one attached hydrogen (secondary N) is 1. The summed E-state index contributed by atoms with van der Waals surface area (Å²) in [5.74, 6) is 2.05. The number of likely N-dealkylation sites (tertiary alicyclic amines) is 1. The molecule has 1 N–H and O–H groups in total. The van der Waals surface area contributed by atoms with Crippen LogP contribution in [0.15, 0.2) is 30.6 Å². The molecule has 7 nitrogen and oxygen atoms in total. The first kappa shape index (κ1) is 18.0. The lowest BCUT2D eigenvalue weighted by Crippen LogP contribution is -2.28. The zero-order chi connectivity index (χ0) is 18.4. The van der Waals surface area contributed by atoms with Crippen LogP contribution in [0.2, 0.25) is 0 Å². The van der Waals surface area contributed by atoms with Crippen molar-refractivity contribution in [2.45, 2.75) is 19.3 Å². The van der Waals surface area contributed by atoms with E-state index in [0.717, 1.165) is 43.7 Å². The van der Waals surface area contributed by atoms with Crippen molar-refractivity contribution in [2.75, 3.05) is 39.2 Å². The SMILES string of the molecule is COc1ccc(CCNc2cnc(C(=O)N3CCCC3)cn2)cc1OC. The average Bonchev–Trinajstić information content (AvgIpc) is 3.22. The summed E-state index contributed by atoms with van der Waals surface area (Å²) >= 11 is 0. The highest BCUT2D eigenvalue weighted by Crippen LogP contribution is 2.27. The normalized spacial score (nSPS) is 13.5. The van der Waals surface area contributed by atoms with E-state index in [2.05, 4.69) is 15.3 Å². The summed E-state index contributed by atoms with van der Waals surface area (Å²) < 4.78 is 10.6. The van der Waals surface area contributed by atoms with Crippen LogP contribution in [0, 0.1) is 0 Å². The number of hydrogen-bond donors (Lipinski definition) is 1. The van der Waals surface area contributed by atoms with Gasteiger partial charge in [0.05, 0.1) is 26.6 Å². The number of hydrogen-bond acceptors (Lipinski definition) is 6. The summed E-state index contributed by atoms with van der Waals surface area (Å²) in [6.07, 6.45) is 6.08. The Kier molecular flexibility index (Phi) is 5.88. The van der Waals surface area contributed by atoms with Crippen LogP contribution in [0.3, 0.4) is 0 Å². The molecule has 0 unspecified atom stereocenters. The fraction of sp³-hybridized carbons (Fsp3) is 0.421. The Labute approximate surface area is 153 Å². The quantitative estimate of drug-likeness (QED) is 0.821. The lowest BCUT2D eigenvalue weighted by molar-refractivity contribution is 0.0786. The average molecular weight is 356 g/mol. The fourth-order valence-corrected chi connectivity index (χ4v) is 2.98. The topological polar surface area (TPSA) is 76.6 Å². The molecule has 138 valence electrons. The molecule has 1 aromatic heterocycles. The smallest absolute Gasteiger partial charge is 0.274 e. The molecule has 0 atom stereocenters. The van der Waals surface area contributed by atoms with Gasteiger partial charge in [0.25, 0.3) is 5.91 Å². The first-order valence-electron chi connectivity index (χ1n) is 8.77. The van der Waals surface area contributed by atoms with Crippen LogP contribution in [0.5, 0.6) is 11.5 Å². The van der Waals surface area contributed by atoms with Crippen molar-refractivity contribution in [3.05, 3.63) is 41.9 Å². The second-order valence-corrected chi connectivity index (χ2v) is 6.15. The highest BCUT2D eigenvalue weighted by atomic mass is 16.5. The monoisotopic (exact) mass is 356 g/mol. The van der Waals surface area contributed by atoms with Crippen molar-refractivity contribution in [3.8, 4) is 11.5 Å². The molecular formula is C19H24N4O3. The number of amides is 1. The van der Waals surface area contributed by atoms with E-state index < -0.39 is 0 Å². The lowest BCUT2D eigenvalue weighted by atomic mass is 10.1. The molecule has 2 heterocycles. The van der Waals surface area contributed by atoms with Crippen LogP contribution in [0.4, 0.5) is 5.82 Å². The summed E-state index contributed by atoms with van der Waals surface area (Å²) in [6, 6.07) is 5.86. The Bertz CT molecular complexity index is 743. The van der Waals surface area contributed by atoms with Gasteiger partial charge >= 0.3 is 0 Å². The van der Waals surface area contributed by atoms with E-state index in [1.54, 1.807) is 26.6 Å². The van der Waals surface area contributed by atoms with E-state index in [4.69, 9.17) is 9.47 Å². The number of carbonyl (C=O) groups is 1. The molecule has 1 fully saturated rings. The maximum absolute atomic E-state index is 12.3. The number of benzene rings is 1. The van der Waals surface area contributed by atoms with Gasteiger partial charge in [-0.05, 0) is 37.0 Å². The van der Waals surface area contributed by atoms with E-state index in [-0.39, 0.29) is 5.91 Å². The summed E-state index contributed by atoms with van der Waals surface area (Å²) in [5.41, 5.74) is 1.53. The number of carbonyl (C=O) groups excluding carboxylic acids is 1. The van der Waals surface area contributed by atoms with E-state index in [0.29, 0.717) is 23.8 Å². The standard InChI is InChI=1S/C19H24N4O3/c1-25-16-6-5-14(11-17(16)26-2)7-8-20-18-13-21-15(12-22-18)19(24)23-9-3-4-10-23/h5-6,11-13H,3-4,7-10H2,1-2H3,(H,20,22). The number of rotatable bonds is 7. The second kappa shape index (κ2) is 8.51. The van der Waals surface area contributed by atoms with Crippen molar-refractivity contribution < 1.29 is 14.3 Å². The van der Waals surface area contributed by atoms with Crippen molar-refractivity contribution in [3.63, 3.8) is 0 Å². The van der Waals surface area contributed by atoms with Crippen molar-refractivity contribution >= 4 is 11.7 Å². The van der Waals surface area contributed by atoms with Crippen LogP contribution >= 0.6 is 0 Å². The summed E-state index contributed by atoms with van der Waals surface area (Å²) in [6.45, 7) is 2.32. The van der Waals surface area contributed by atoms with Crippen molar-refractivity contribution in [2.24, 2.45) is 0 Å². The summed E-state index contributed by atoms with van der Waals surface area (Å²) in [7, 11) is 3.25. The van der Waals surface area contributed by atoms with Crippen LogP contribution in [0.1, 0.15) is 28.9 Å². The number of nitrogens with zero attached hydrogens (tertiary/aromatic N) is 3. The zero-order valence-electron chi connectivity index (χ0n) is 15.2. The van der Waals surface area contributed by atoms with Crippen LogP contribution in [-0.4, -0.2) is 54.6 Å². The largest absolute Gasteiger partial charge is 0.493 e. The van der Waals surface area contributed by atoms with Gasteiger partial charge in [-0.3, -0.25) is 4.79 Å². The number of ether oxygens (including phenoxy) is 2. The van der Waals surface area contributed by atoms with Gasteiger partial charge in [-0.1, -0.05) is 6.07 Å². The Morgan fingerprint density at radius 1 is 1.12 bits per heavy atom. The van der Waals surface area contributed by atoms with Gasteiger partial charge in [0.2, 0.25) is 0 Å². The molecule has 0 spiro atoms. The van der Waals surface area contributed by atoms with Crippen LogP contribution < -0.4 is 14.8 Å². The maximum Gasteiger partial charge on any atom is 0.274 e. The molecule has 7 heteroatoms. The molecule has 1 amide bonds. The molecule has 1 aliphatic rings. The van der Waals surface area contributed by atoms with E-state index in [1.165, 1.54) is 0 Å². The molecule has 0 aliphatic carbocycles. The molecule has 0 radical (unpaired) electrons. The van der Waals surface area contributed by atoms with Crippen LogP contribution in [0.25, 0.3) is 0 Å². The maximum atomic E-state index is 12.3. The van der Waals surface area contributed by atoms with Gasteiger partial charge in [0.1, 0.15) is 11.5 Å². The number of aromatic nitrogens is 2. The predicted molar refractivity (Wildman–Crippen MR) is 98.9 cm³/mol. The van der Waals surface area contributed by atoms with E-state index in [1.807, 2.05) is 23.1 Å². The highest BCUT2D eigenvalue weighted by molar-refractivity contribution is 5.92. The third kappa shape index (κ3) is 4.22. The molecule has 2 aromatic rings. The second-order valence-electron chi connectivity index (χ2n) is 6.15. The van der Waals surface area contributed by atoms with E-state index in [9.17, 15) is 4.79 Å². The molecule has 26 heavy (non-hydrogen) atoms. The van der Waals surface area contributed by atoms with Crippen molar-refractivity contribution in [1.82, 2.24) is 14.9 Å². The molecule has 1 aliphatic heterocycles. The van der Waals surface area contributed by atoms with Gasteiger partial charge in [0, 0.05) is 19.6 Å². The summed E-state index contributed by atoms with van der Waals surface area (Å²) in [5, 5.41) is 3.22. The van der Waals surface area contributed by atoms with Gasteiger partial charge in [0.15, 0.2) is 11.5 Å². The first-order valence-corrected chi connectivity index (χ1v) is 8.77. The third-order valence-electron chi connectivity index (χ3n) is 4.43. The number of anilines is 1. The molecule has 1 saturated heterocycles. The van der Waals surface area contributed by atoms with E-state index >= 15 is 0 Å². The minimum absolute atomic E-state index is 0.0353. The predicted octanol–water partition coefficient (Wildman–Crippen LogP) is 2.38. The molecular weight excluding hydrogens is 332 g/mol. The third-order valence-corrected chi connectivity index (χ3v) is 4.43. The Hall–Kier alpha value is -2.83. The minimum Gasteiger partial charge on any atom is -0.493 e. The fourth-order valence-electron chi connectivity index (χ4n) is 2.98. The number of methoxy groups -OCH3 is 2. The summed E-state index contributed by atoms with van der Waals surface area (Å²) in [4.78, 5) is 22.6. The highest BCUT2D eigenvalue weighted by Gasteiger charge is 2.20. The first-order chi connectivity index (χ1) is 12.7. The Morgan fingerprint density at radius 3 is 2.54 bits per heavy atom.